The van der Waals surface area contributed by atoms with E-state index in [2.05, 4.69) is 51.5 Å². The molecule has 0 saturated carbocycles. The van der Waals surface area contributed by atoms with E-state index in [9.17, 15) is 4.79 Å². The van der Waals surface area contributed by atoms with Gasteiger partial charge in [-0.15, -0.1) is 0 Å². The Bertz CT molecular complexity index is 665. The number of nitrogens with one attached hydrogen (secondary N) is 1. The van der Waals surface area contributed by atoms with Gasteiger partial charge in [0, 0.05) is 6.54 Å². The maximum absolute atomic E-state index is 12.5. The summed E-state index contributed by atoms with van der Waals surface area (Å²) in [5.41, 5.74) is 1.27. The molecule has 26 heavy (non-hydrogen) atoms. The Labute approximate surface area is 155 Å². The standard InChI is InChI=1S/C20H29N5O/c1-16-8-10-24(11-9-16)19(18-6-4-3-5-7-18)12-22-20(26)17(2)13-25-15-21-14-23-25/h3-7,14-17,19H,8-13H2,1-2H3,(H,22,26)/t17-,19-/m0/s1. The molecule has 1 aromatic heterocycles. The predicted molar refractivity (Wildman–Crippen MR) is 101 cm³/mol. The number of nitrogens with zero attached hydrogens (tertiary/aromatic N) is 4. The molecule has 2 atom stereocenters. The molecule has 0 aliphatic carbocycles. The van der Waals surface area contributed by atoms with E-state index in [4.69, 9.17) is 0 Å². The molecule has 1 aliphatic heterocycles. The molecule has 1 saturated heterocycles. The van der Waals surface area contributed by atoms with Gasteiger partial charge in [0.2, 0.25) is 5.91 Å². The van der Waals surface area contributed by atoms with Gasteiger partial charge in [-0.05, 0) is 37.4 Å². The molecule has 0 bridgehead atoms. The first kappa shape index (κ1) is 18.6. The lowest BCUT2D eigenvalue weighted by Crippen LogP contribution is -2.43. The summed E-state index contributed by atoms with van der Waals surface area (Å²) >= 11 is 0. The fourth-order valence-corrected chi connectivity index (χ4v) is 3.54. The van der Waals surface area contributed by atoms with E-state index in [-0.39, 0.29) is 17.9 Å². The molecule has 140 valence electrons. The molecular weight excluding hydrogens is 326 g/mol. The van der Waals surface area contributed by atoms with Crippen LogP contribution in [0.15, 0.2) is 43.0 Å². The first-order valence-electron chi connectivity index (χ1n) is 9.52. The molecule has 2 heterocycles. The molecule has 1 aliphatic rings. The third kappa shape index (κ3) is 4.91. The smallest absolute Gasteiger partial charge is 0.224 e. The summed E-state index contributed by atoms with van der Waals surface area (Å²) in [5, 5.41) is 7.24. The second-order valence-corrected chi connectivity index (χ2v) is 7.41. The Balaban J connectivity index is 1.61. The van der Waals surface area contributed by atoms with Crippen LogP contribution in [-0.2, 0) is 11.3 Å². The lowest BCUT2D eigenvalue weighted by atomic mass is 9.95. The lowest BCUT2D eigenvalue weighted by molar-refractivity contribution is -0.125. The van der Waals surface area contributed by atoms with Gasteiger partial charge in [-0.25, -0.2) is 4.98 Å². The van der Waals surface area contributed by atoms with Gasteiger partial charge in [-0.2, -0.15) is 5.10 Å². The second-order valence-electron chi connectivity index (χ2n) is 7.41. The maximum atomic E-state index is 12.5. The summed E-state index contributed by atoms with van der Waals surface area (Å²) in [5.74, 6) is 0.710. The zero-order valence-electron chi connectivity index (χ0n) is 15.7. The minimum atomic E-state index is -0.144. The quantitative estimate of drug-likeness (QED) is 0.829. The number of carbonyl (C=O) groups is 1. The van der Waals surface area contributed by atoms with Crippen molar-refractivity contribution in [2.75, 3.05) is 19.6 Å². The van der Waals surface area contributed by atoms with Gasteiger partial charge in [0.05, 0.1) is 18.5 Å². The summed E-state index contributed by atoms with van der Waals surface area (Å²) in [6.07, 6.45) is 5.58. The van der Waals surface area contributed by atoms with Crippen molar-refractivity contribution in [3.05, 3.63) is 48.5 Å². The topological polar surface area (TPSA) is 63.1 Å². The average molecular weight is 355 g/mol. The van der Waals surface area contributed by atoms with Gasteiger partial charge in [-0.3, -0.25) is 14.4 Å². The first-order chi connectivity index (χ1) is 12.6. The summed E-state index contributed by atoms with van der Waals surface area (Å²) in [6, 6.07) is 10.7. The molecular formula is C20H29N5O. The van der Waals surface area contributed by atoms with Crippen molar-refractivity contribution in [3.63, 3.8) is 0 Å². The van der Waals surface area contributed by atoms with Crippen LogP contribution in [0.2, 0.25) is 0 Å². The molecule has 0 radical (unpaired) electrons. The molecule has 3 rings (SSSR count). The van der Waals surface area contributed by atoms with E-state index in [1.165, 1.54) is 24.7 Å². The van der Waals surface area contributed by atoms with Gasteiger partial charge in [0.1, 0.15) is 12.7 Å². The van der Waals surface area contributed by atoms with Crippen LogP contribution in [0, 0.1) is 11.8 Å². The van der Waals surface area contributed by atoms with Crippen molar-refractivity contribution in [2.24, 2.45) is 11.8 Å². The normalized spacial score (nSPS) is 18.4. The highest BCUT2D eigenvalue weighted by molar-refractivity contribution is 5.78. The summed E-state index contributed by atoms with van der Waals surface area (Å²) < 4.78 is 1.70. The molecule has 0 unspecified atom stereocenters. The molecule has 1 aromatic carbocycles. The molecule has 1 N–H and O–H groups in total. The van der Waals surface area contributed by atoms with E-state index in [1.54, 1.807) is 11.0 Å². The molecule has 6 nitrogen and oxygen atoms in total. The predicted octanol–water partition coefficient (Wildman–Crippen LogP) is 2.50. The molecule has 1 fully saturated rings. The number of benzene rings is 1. The molecule has 0 spiro atoms. The van der Waals surface area contributed by atoms with Crippen LogP contribution >= 0.6 is 0 Å². The van der Waals surface area contributed by atoms with Crippen molar-refractivity contribution < 1.29 is 4.79 Å². The number of hydrogen-bond donors (Lipinski definition) is 1. The van der Waals surface area contributed by atoms with Gasteiger partial charge in [0.25, 0.3) is 0 Å². The van der Waals surface area contributed by atoms with E-state index >= 15 is 0 Å². The zero-order chi connectivity index (χ0) is 18.4. The van der Waals surface area contributed by atoms with Crippen LogP contribution in [0.3, 0.4) is 0 Å². The maximum Gasteiger partial charge on any atom is 0.224 e. The van der Waals surface area contributed by atoms with Crippen LogP contribution in [-0.4, -0.2) is 45.2 Å². The Morgan fingerprint density at radius 3 is 2.65 bits per heavy atom. The third-order valence-corrected chi connectivity index (χ3v) is 5.29. The second kappa shape index (κ2) is 8.94. The highest BCUT2D eigenvalue weighted by atomic mass is 16.1. The average Bonchev–Trinajstić information content (AvgIpc) is 3.17. The number of aromatic nitrogens is 3. The Kier molecular flexibility index (Phi) is 6.39. The van der Waals surface area contributed by atoms with E-state index in [0.29, 0.717) is 13.1 Å². The molecule has 1 amide bonds. The highest BCUT2D eigenvalue weighted by Gasteiger charge is 2.25. The van der Waals surface area contributed by atoms with E-state index < -0.39 is 0 Å². The fraction of sp³-hybridized carbons (Fsp3) is 0.550. The van der Waals surface area contributed by atoms with E-state index in [0.717, 1.165) is 19.0 Å². The van der Waals surface area contributed by atoms with Crippen LogP contribution in [0.5, 0.6) is 0 Å². The van der Waals surface area contributed by atoms with E-state index in [1.807, 2.05) is 13.0 Å². The number of hydrogen-bond acceptors (Lipinski definition) is 4. The number of likely N-dealkylation sites (tertiary alicyclic amines) is 1. The minimum absolute atomic E-state index is 0.0619. The van der Waals surface area contributed by atoms with Crippen molar-refractivity contribution in [2.45, 2.75) is 39.3 Å². The van der Waals surface area contributed by atoms with Gasteiger partial charge < -0.3 is 5.32 Å². The first-order valence-corrected chi connectivity index (χ1v) is 9.52. The Hall–Kier alpha value is -2.21. The molecule has 2 aromatic rings. The number of carbonyl (C=O) groups excluding carboxylic acids is 1. The highest BCUT2D eigenvalue weighted by Crippen LogP contribution is 2.26. The molecule has 6 heteroatoms. The van der Waals surface area contributed by atoms with Crippen LogP contribution in [0.4, 0.5) is 0 Å². The largest absolute Gasteiger partial charge is 0.354 e. The number of rotatable bonds is 7. The van der Waals surface area contributed by atoms with Crippen LogP contribution in [0.25, 0.3) is 0 Å². The zero-order valence-corrected chi connectivity index (χ0v) is 15.7. The van der Waals surface area contributed by atoms with Crippen LogP contribution in [0.1, 0.15) is 38.3 Å². The Morgan fingerprint density at radius 1 is 1.27 bits per heavy atom. The Morgan fingerprint density at radius 2 is 2.00 bits per heavy atom. The summed E-state index contributed by atoms with van der Waals surface area (Å²) in [4.78, 5) is 19.0. The number of amides is 1. The lowest BCUT2D eigenvalue weighted by Gasteiger charge is -2.37. The van der Waals surface area contributed by atoms with Gasteiger partial charge >= 0.3 is 0 Å². The van der Waals surface area contributed by atoms with Crippen molar-refractivity contribution in [1.29, 1.82) is 0 Å². The van der Waals surface area contributed by atoms with Gasteiger partial charge in [0.15, 0.2) is 0 Å². The van der Waals surface area contributed by atoms with Crippen molar-refractivity contribution in [1.82, 2.24) is 25.0 Å². The minimum Gasteiger partial charge on any atom is -0.354 e. The van der Waals surface area contributed by atoms with Crippen LogP contribution < -0.4 is 5.32 Å². The fourth-order valence-electron chi connectivity index (χ4n) is 3.54. The number of piperidine rings is 1. The summed E-state index contributed by atoms with van der Waals surface area (Å²) in [7, 11) is 0. The monoisotopic (exact) mass is 355 g/mol. The van der Waals surface area contributed by atoms with Gasteiger partial charge in [-0.1, -0.05) is 44.2 Å². The van der Waals surface area contributed by atoms with Crippen molar-refractivity contribution >= 4 is 5.91 Å². The summed E-state index contributed by atoms with van der Waals surface area (Å²) in [6.45, 7) is 7.61. The SMILES string of the molecule is CC1CCN([C@@H](CNC(=O)[C@@H](C)Cn2cncn2)c2ccccc2)CC1. The third-order valence-electron chi connectivity index (χ3n) is 5.29. The van der Waals surface area contributed by atoms with Crippen molar-refractivity contribution in [3.8, 4) is 0 Å².